The number of carbonyl (C=O) groups is 1. The lowest BCUT2D eigenvalue weighted by atomic mass is 10.2. The molecule has 0 aromatic carbocycles. The molecule has 0 saturated carbocycles. The highest BCUT2D eigenvalue weighted by Gasteiger charge is 1.94. The lowest BCUT2D eigenvalue weighted by Gasteiger charge is -1.97. The van der Waals surface area contributed by atoms with Crippen LogP contribution in [0.4, 0.5) is 0 Å². The van der Waals surface area contributed by atoms with Gasteiger partial charge in [-0.2, -0.15) is 0 Å². The van der Waals surface area contributed by atoms with Gasteiger partial charge in [-0.05, 0) is 19.1 Å². The number of aliphatic hydroxyl groups excluding tert-OH is 1. The van der Waals surface area contributed by atoms with Gasteiger partial charge in [-0.1, -0.05) is 18.4 Å². The molecule has 0 rings (SSSR count). The van der Waals surface area contributed by atoms with Gasteiger partial charge in [0.05, 0.1) is 6.10 Å². The molecule has 3 nitrogen and oxygen atoms in total. The fourth-order valence-corrected chi connectivity index (χ4v) is 0.511. The second-order valence-electron chi connectivity index (χ2n) is 2.68. The van der Waals surface area contributed by atoms with Crippen molar-refractivity contribution in [3.8, 4) is 11.8 Å². The Balaban J connectivity index is 3.81. The second-order valence-corrected chi connectivity index (χ2v) is 2.68. The summed E-state index contributed by atoms with van der Waals surface area (Å²) in [5, 5.41) is 9.00. The summed E-state index contributed by atoms with van der Waals surface area (Å²) in [6.45, 7) is 6.71. The molecule has 0 aliphatic rings. The standard InChI is InChI=1S/C11H14O3/c1-9(10(2)12)7-5-4-6-8-14-11(3)13/h4,6,10,12H,1,8H2,2-3H3/b6-4-/t10-/m0/s1. The number of rotatable bonds is 3. The molecule has 0 spiro atoms. The Morgan fingerprint density at radius 3 is 2.86 bits per heavy atom. The summed E-state index contributed by atoms with van der Waals surface area (Å²) in [7, 11) is 0. The molecule has 0 saturated heterocycles. The third-order valence-corrected chi connectivity index (χ3v) is 1.32. The minimum atomic E-state index is -0.621. The summed E-state index contributed by atoms with van der Waals surface area (Å²) in [6, 6.07) is 0. The lowest BCUT2D eigenvalue weighted by molar-refractivity contribution is -0.139. The van der Waals surface area contributed by atoms with E-state index in [1.165, 1.54) is 6.92 Å². The van der Waals surface area contributed by atoms with Crippen molar-refractivity contribution in [3.05, 3.63) is 24.3 Å². The molecule has 0 bridgehead atoms. The van der Waals surface area contributed by atoms with E-state index in [-0.39, 0.29) is 12.6 Å². The molecule has 1 N–H and O–H groups in total. The second kappa shape index (κ2) is 6.93. The first-order valence-electron chi connectivity index (χ1n) is 4.20. The van der Waals surface area contributed by atoms with Gasteiger partial charge in [-0.3, -0.25) is 4.79 Å². The van der Waals surface area contributed by atoms with Gasteiger partial charge in [0.25, 0.3) is 0 Å². The van der Waals surface area contributed by atoms with Gasteiger partial charge < -0.3 is 9.84 Å². The first kappa shape index (κ1) is 12.5. The molecular formula is C11H14O3. The molecule has 3 heteroatoms. The Labute approximate surface area is 84.1 Å². The molecule has 0 radical (unpaired) electrons. The van der Waals surface area contributed by atoms with Crippen molar-refractivity contribution < 1.29 is 14.6 Å². The van der Waals surface area contributed by atoms with Crippen molar-refractivity contribution >= 4 is 5.97 Å². The van der Waals surface area contributed by atoms with Crippen molar-refractivity contribution in [2.75, 3.05) is 6.61 Å². The van der Waals surface area contributed by atoms with Crippen LogP contribution in [0.5, 0.6) is 0 Å². The van der Waals surface area contributed by atoms with Gasteiger partial charge >= 0.3 is 5.97 Å². The van der Waals surface area contributed by atoms with Crippen molar-refractivity contribution in [3.63, 3.8) is 0 Å². The molecular weight excluding hydrogens is 180 g/mol. The summed E-state index contributed by atoms with van der Waals surface area (Å²) in [6.07, 6.45) is 2.55. The van der Waals surface area contributed by atoms with Crippen molar-refractivity contribution in [1.82, 2.24) is 0 Å². The van der Waals surface area contributed by atoms with E-state index >= 15 is 0 Å². The molecule has 0 amide bonds. The minimum absolute atomic E-state index is 0.213. The van der Waals surface area contributed by atoms with Crippen molar-refractivity contribution in [2.45, 2.75) is 20.0 Å². The molecule has 14 heavy (non-hydrogen) atoms. The third kappa shape index (κ3) is 7.14. The maximum atomic E-state index is 10.3. The summed E-state index contributed by atoms with van der Waals surface area (Å²) in [5.41, 5.74) is 0.460. The Morgan fingerprint density at radius 2 is 2.36 bits per heavy atom. The zero-order valence-electron chi connectivity index (χ0n) is 8.41. The first-order valence-corrected chi connectivity index (χ1v) is 4.20. The molecule has 0 fully saturated rings. The number of esters is 1. The smallest absolute Gasteiger partial charge is 0.302 e. The van der Waals surface area contributed by atoms with Crippen LogP contribution in [0.15, 0.2) is 24.3 Å². The highest BCUT2D eigenvalue weighted by Crippen LogP contribution is 1.94. The fraction of sp³-hybridized carbons (Fsp3) is 0.364. The van der Waals surface area contributed by atoms with Crippen LogP contribution in [0.1, 0.15) is 13.8 Å². The predicted molar refractivity (Wildman–Crippen MR) is 54.4 cm³/mol. The molecule has 0 aliphatic heterocycles. The third-order valence-electron chi connectivity index (χ3n) is 1.32. The Hall–Kier alpha value is -1.53. The van der Waals surface area contributed by atoms with Gasteiger partial charge in [0.1, 0.15) is 6.61 Å². The van der Waals surface area contributed by atoms with Crippen LogP contribution in [0.2, 0.25) is 0 Å². The number of hydrogen-bond donors (Lipinski definition) is 1. The number of aliphatic hydroxyl groups is 1. The van der Waals surface area contributed by atoms with Gasteiger partial charge in [-0.15, -0.1) is 0 Å². The van der Waals surface area contributed by atoms with E-state index in [4.69, 9.17) is 5.11 Å². The van der Waals surface area contributed by atoms with Crippen LogP contribution >= 0.6 is 0 Å². The Morgan fingerprint density at radius 1 is 1.71 bits per heavy atom. The van der Waals surface area contributed by atoms with Crippen LogP contribution < -0.4 is 0 Å². The van der Waals surface area contributed by atoms with Crippen LogP contribution in [0, 0.1) is 11.8 Å². The molecule has 0 aromatic heterocycles. The summed E-state index contributed by atoms with van der Waals surface area (Å²) < 4.78 is 4.63. The summed E-state index contributed by atoms with van der Waals surface area (Å²) in [4.78, 5) is 10.3. The Bertz CT molecular complexity index is 289. The van der Waals surface area contributed by atoms with E-state index < -0.39 is 6.10 Å². The van der Waals surface area contributed by atoms with Gasteiger partial charge in [0.15, 0.2) is 0 Å². The highest BCUT2D eigenvalue weighted by atomic mass is 16.5. The number of ether oxygens (including phenoxy) is 1. The van der Waals surface area contributed by atoms with Gasteiger partial charge in [-0.25, -0.2) is 0 Å². The number of allylic oxidation sites excluding steroid dienone is 1. The zero-order chi connectivity index (χ0) is 11.0. The molecule has 76 valence electrons. The zero-order valence-corrected chi connectivity index (χ0v) is 8.41. The normalized spacial score (nSPS) is 11.6. The van der Waals surface area contributed by atoms with Crippen molar-refractivity contribution in [1.29, 1.82) is 0 Å². The maximum absolute atomic E-state index is 10.3. The molecule has 0 aromatic rings. The maximum Gasteiger partial charge on any atom is 0.302 e. The van der Waals surface area contributed by atoms with E-state index in [2.05, 4.69) is 23.2 Å². The molecule has 0 heterocycles. The largest absolute Gasteiger partial charge is 0.462 e. The minimum Gasteiger partial charge on any atom is -0.462 e. The van der Waals surface area contributed by atoms with E-state index in [1.54, 1.807) is 19.1 Å². The summed E-state index contributed by atoms with van der Waals surface area (Å²) >= 11 is 0. The van der Waals surface area contributed by atoms with Gasteiger partial charge in [0.2, 0.25) is 0 Å². The van der Waals surface area contributed by atoms with Crippen LogP contribution in [0.3, 0.4) is 0 Å². The topological polar surface area (TPSA) is 46.5 Å². The van der Waals surface area contributed by atoms with Crippen molar-refractivity contribution in [2.24, 2.45) is 0 Å². The van der Waals surface area contributed by atoms with E-state index in [0.29, 0.717) is 5.57 Å². The molecule has 1 atom stereocenters. The van der Waals surface area contributed by atoms with E-state index in [0.717, 1.165) is 0 Å². The molecule has 0 aliphatic carbocycles. The summed E-state index contributed by atoms with van der Waals surface area (Å²) in [5.74, 6) is 4.98. The van der Waals surface area contributed by atoms with Crippen LogP contribution in [-0.2, 0) is 9.53 Å². The highest BCUT2D eigenvalue weighted by molar-refractivity contribution is 5.66. The van der Waals surface area contributed by atoms with Crippen LogP contribution in [0.25, 0.3) is 0 Å². The molecule has 0 unspecified atom stereocenters. The predicted octanol–water partition coefficient (Wildman–Crippen LogP) is 1.05. The SMILES string of the molecule is C=C(C#C/C=C\COC(C)=O)[C@H](C)O. The van der Waals surface area contributed by atoms with Gasteiger partial charge in [0, 0.05) is 12.5 Å². The van der Waals surface area contributed by atoms with E-state index in [9.17, 15) is 4.79 Å². The monoisotopic (exact) mass is 194 g/mol. The lowest BCUT2D eigenvalue weighted by Crippen LogP contribution is -2.00. The number of hydrogen-bond acceptors (Lipinski definition) is 3. The van der Waals surface area contributed by atoms with Crippen LogP contribution in [-0.4, -0.2) is 23.8 Å². The number of carbonyl (C=O) groups excluding carboxylic acids is 1. The average Bonchev–Trinajstić information content (AvgIpc) is 2.09. The van der Waals surface area contributed by atoms with E-state index in [1.807, 2.05) is 0 Å². The average molecular weight is 194 g/mol. The Kier molecular flexibility index (Phi) is 6.17. The quantitative estimate of drug-likeness (QED) is 0.539. The fourth-order valence-electron chi connectivity index (χ4n) is 0.511. The first-order chi connectivity index (χ1) is 6.54.